The van der Waals surface area contributed by atoms with Crippen molar-refractivity contribution in [3.63, 3.8) is 0 Å². The Balaban J connectivity index is 3.15. The lowest BCUT2D eigenvalue weighted by molar-refractivity contribution is -0.242. The Hall–Kier alpha value is -1.36. The SMILES string of the molecule is O=S(=O)(O)C(F)(F)C(Oc1ccco1)C(F)(F)F. The molecule has 0 radical (unpaired) electrons. The average molecular weight is 296 g/mol. The first-order valence-corrected chi connectivity index (χ1v) is 5.52. The molecular weight excluding hydrogens is 291 g/mol. The van der Waals surface area contributed by atoms with Gasteiger partial charge in [0, 0.05) is 6.07 Å². The number of halogens is 5. The first-order valence-electron chi connectivity index (χ1n) is 4.08. The molecule has 5 nitrogen and oxygen atoms in total. The summed E-state index contributed by atoms with van der Waals surface area (Å²) in [6.45, 7) is 0. The number of furan rings is 1. The Morgan fingerprint density at radius 1 is 1.28 bits per heavy atom. The fourth-order valence-corrected chi connectivity index (χ4v) is 1.36. The topological polar surface area (TPSA) is 76.7 Å². The highest BCUT2D eigenvalue weighted by Gasteiger charge is 2.65. The number of ether oxygens (including phenoxy) is 1. The number of hydrogen-bond donors (Lipinski definition) is 1. The Morgan fingerprint density at radius 2 is 1.83 bits per heavy atom. The molecule has 1 rings (SSSR count). The van der Waals surface area contributed by atoms with Gasteiger partial charge < -0.3 is 9.15 Å². The molecule has 0 aliphatic rings. The minimum absolute atomic E-state index is 0.763. The predicted octanol–water partition coefficient (Wildman–Crippen LogP) is 2.07. The van der Waals surface area contributed by atoms with Gasteiger partial charge in [0.25, 0.3) is 12.1 Å². The summed E-state index contributed by atoms with van der Waals surface area (Å²) in [5.41, 5.74) is 0. The first kappa shape index (κ1) is 14.7. The van der Waals surface area contributed by atoms with Gasteiger partial charge in [-0.15, -0.1) is 0 Å². The zero-order chi connectivity index (χ0) is 14.2. The van der Waals surface area contributed by atoms with E-state index in [0.29, 0.717) is 0 Å². The van der Waals surface area contributed by atoms with Crippen molar-refractivity contribution < 1.29 is 44.1 Å². The van der Waals surface area contributed by atoms with Crippen molar-refractivity contribution in [2.24, 2.45) is 0 Å². The van der Waals surface area contributed by atoms with Crippen molar-refractivity contribution in [3.05, 3.63) is 18.4 Å². The van der Waals surface area contributed by atoms with E-state index in [2.05, 4.69) is 9.15 Å². The fourth-order valence-electron chi connectivity index (χ4n) is 0.908. The predicted molar refractivity (Wildman–Crippen MR) is 45.7 cm³/mol. The van der Waals surface area contributed by atoms with Gasteiger partial charge in [0.1, 0.15) is 0 Å². The molecule has 1 unspecified atom stereocenters. The molecule has 104 valence electrons. The number of rotatable bonds is 4. The van der Waals surface area contributed by atoms with Crippen LogP contribution < -0.4 is 4.74 Å². The monoisotopic (exact) mass is 296 g/mol. The van der Waals surface area contributed by atoms with Crippen LogP contribution in [0.2, 0.25) is 0 Å². The van der Waals surface area contributed by atoms with Crippen LogP contribution in [0.1, 0.15) is 0 Å². The highest BCUT2D eigenvalue weighted by molar-refractivity contribution is 7.86. The summed E-state index contributed by atoms with van der Waals surface area (Å²) in [4.78, 5) is 0. The largest absolute Gasteiger partial charge is 0.444 e. The molecule has 0 aliphatic carbocycles. The summed E-state index contributed by atoms with van der Waals surface area (Å²) in [5, 5.41) is -5.57. The van der Waals surface area contributed by atoms with E-state index in [1.165, 1.54) is 0 Å². The molecule has 1 aromatic heterocycles. The average Bonchev–Trinajstić information content (AvgIpc) is 2.62. The second kappa shape index (κ2) is 4.39. The maximum absolute atomic E-state index is 13.0. The molecule has 0 fully saturated rings. The van der Waals surface area contributed by atoms with Gasteiger partial charge in [0.2, 0.25) is 0 Å². The molecule has 0 aliphatic heterocycles. The van der Waals surface area contributed by atoms with Crippen molar-refractivity contribution in [1.29, 1.82) is 0 Å². The van der Waals surface area contributed by atoms with Gasteiger partial charge in [-0.05, 0) is 6.07 Å². The molecule has 11 heteroatoms. The van der Waals surface area contributed by atoms with E-state index < -0.39 is 33.6 Å². The van der Waals surface area contributed by atoms with Crippen LogP contribution in [0.5, 0.6) is 5.95 Å². The van der Waals surface area contributed by atoms with E-state index in [4.69, 9.17) is 4.55 Å². The lowest BCUT2D eigenvalue weighted by Gasteiger charge is -2.25. The Labute approximate surface area is 96.9 Å². The smallest absolute Gasteiger partial charge is 0.432 e. The highest BCUT2D eigenvalue weighted by Crippen LogP contribution is 2.38. The van der Waals surface area contributed by atoms with Crippen LogP contribution in [0.4, 0.5) is 22.0 Å². The van der Waals surface area contributed by atoms with Crippen molar-refractivity contribution >= 4 is 10.1 Å². The molecule has 0 amide bonds. The van der Waals surface area contributed by atoms with E-state index >= 15 is 0 Å². The summed E-state index contributed by atoms with van der Waals surface area (Å²) in [6, 6.07) is 1.80. The lowest BCUT2D eigenvalue weighted by Crippen LogP contribution is -2.53. The van der Waals surface area contributed by atoms with Gasteiger partial charge in [-0.1, -0.05) is 0 Å². The number of hydrogen-bond acceptors (Lipinski definition) is 4. The molecule has 0 saturated heterocycles. The van der Waals surface area contributed by atoms with Gasteiger partial charge in [0.05, 0.1) is 6.26 Å². The fraction of sp³-hybridized carbons (Fsp3) is 0.429. The van der Waals surface area contributed by atoms with Gasteiger partial charge >= 0.3 is 21.5 Å². The van der Waals surface area contributed by atoms with E-state index in [1.807, 2.05) is 0 Å². The summed E-state index contributed by atoms with van der Waals surface area (Å²) >= 11 is 0. The standard InChI is InChI=1S/C7H5F5O5S/c8-6(9,10)5(7(11,12)18(13,14)15)17-4-2-1-3-16-4/h1-3,5H,(H,13,14,15). The molecule has 1 N–H and O–H groups in total. The zero-order valence-corrected chi connectivity index (χ0v) is 9.00. The molecule has 0 spiro atoms. The molecule has 1 heterocycles. The normalized spacial score (nSPS) is 15.4. The van der Waals surface area contributed by atoms with E-state index in [9.17, 15) is 30.4 Å². The van der Waals surface area contributed by atoms with Gasteiger partial charge in [-0.2, -0.15) is 30.4 Å². The quantitative estimate of drug-likeness (QED) is 0.680. The Morgan fingerprint density at radius 3 is 2.17 bits per heavy atom. The summed E-state index contributed by atoms with van der Waals surface area (Å²) in [7, 11) is -6.31. The van der Waals surface area contributed by atoms with E-state index in [0.717, 1.165) is 18.4 Å². The summed E-state index contributed by atoms with van der Waals surface area (Å²) in [6.07, 6.45) is -9.01. The van der Waals surface area contributed by atoms with Crippen LogP contribution in [0.15, 0.2) is 22.8 Å². The van der Waals surface area contributed by atoms with E-state index in [-0.39, 0.29) is 0 Å². The minimum atomic E-state index is -6.31. The van der Waals surface area contributed by atoms with Crippen LogP contribution in [0, 0.1) is 0 Å². The van der Waals surface area contributed by atoms with Crippen LogP contribution in [0.3, 0.4) is 0 Å². The maximum atomic E-state index is 13.0. The van der Waals surface area contributed by atoms with Gasteiger partial charge in [-0.25, -0.2) is 0 Å². The van der Waals surface area contributed by atoms with Crippen LogP contribution in [-0.4, -0.2) is 30.5 Å². The third kappa shape index (κ3) is 2.90. The van der Waals surface area contributed by atoms with Crippen molar-refractivity contribution in [1.82, 2.24) is 0 Å². The third-order valence-electron chi connectivity index (χ3n) is 1.68. The second-order valence-corrected chi connectivity index (χ2v) is 4.50. The highest BCUT2D eigenvalue weighted by atomic mass is 32.2. The van der Waals surface area contributed by atoms with Gasteiger partial charge in [-0.3, -0.25) is 4.55 Å². The molecular formula is C7H5F5O5S. The van der Waals surface area contributed by atoms with E-state index in [1.54, 1.807) is 0 Å². The molecule has 0 bridgehead atoms. The van der Waals surface area contributed by atoms with Crippen LogP contribution in [0.25, 0.3) is 0 Å². The minimum Gasteiger partial charge on any atom is -0.444 e. The molecule has 0 saturated carbocycles. The summed E-state index contributed by atoms with van der Waals surface area (Å²) < 4.78 is 99.5. The van der Waals surface area contributed by atoms with Crippen LogP contribution in [-0.2, 0) is 10.1 Å². The molecule has 18 heavy (non-hydrogen) atoms. The van der Waals surface area contributed by atoms with Crippen molar-refractivity contribution in [3.8, 4) is 5.95 Å². The molecule has 1 aromatic rings. The second-order valence-electron chi connectivity index (χ2n) is 3.01. The van der Waals surface area contributed by atoms with Crippen molar-refractivity contribution in [2.75, 3.05) is 0 Å². The molecule has 1 atom stereocenters. The van der Waals surface area contributed by atoms with Crippen LogP contribution >= 0.6 is 0 Å². The molecule has 0 aromatic carbocycles. The zero-order valence-electron chi connectivity index (χ0n) is 8.19. The first-order chi connectivity index (χ1) is 7.96. The third-order valence-corrected chi connectivity index (χ3v) is 2.58. The maximum Gasteiger partial charge on any atom is 0.432 e. The number of alkyl halides is 5. The Kier molecular flexibility index (Phi) is 3.58. The summed E-state index contributed by atoms with van der Waals surface area (Å²) in [5.74, 6) is -0.972. The lowest BCUT2D eigenvalue weighted by atomic mass is 10.3. The van der Waals surface area contributed by atoms with Gasteiger partial charge in [0.15, 0.2) is 0 Å². The Bertz CT molecular complexity index is 491. The van der Waals surface area contributed by atoms with Crippen molar-refractivity contribution in [2.45, 2.75) is 17.5 Å².